The normalized spacial score (nSPS) is 17.5. The lowest BCUT2D eigenvalue weighted by Gasteiger charge is -2.38. The summed E-state index contributed by atoms with van der Waals surface area (Å²) in [5.41, 5.74) is 6.99. The number of carbonyl (C=O) groups is 2. The van der Waals surface area contributed by atoms with E-state index in [0.717, 1.165) is 77.8 Å². The van der Waals surface area contributed by atoms with Crippen molar-refractivity contribution < 1.29 is 29.3 Å². The molecule has 1 aromatic heterocycles. The number of hydrogen-bond donors (Lipinski definition) is 3. The molecule has 1 amide bonds. The maximum atomic E-state index is 12.4. The van der Waals surface area contributed by atoms with E-state index in [9.17, 15) is 14.7 Å². The molecule has 3 N–H and O–H groups in total. The summed E-state index contributed by atoms with van der Waals surface area (Å²) in [6.07, 6.45) is 6.28. The van der Waals surface area contributed by atoms with Gasteiger partial charge in [-0.3, -0.25) is 14.6 Å². The van der Waals surface area contributed by atoms with Crippen molar-refractivity contribution in [1.82, 2.24) is 15.2 Å². The van der Waals surface area contributed by atoms with E-state index >= 15 is 0 Å². The van der Waals surface area contributed by atoms with Crippen LogP contribution in [0.15, 0.2) is 97.2 Å². The van der Waals surface area contributed by atoms with Gasteiger partial charge in [-0.25, -0.2) is 0 Å². The van der Waals surface area contributed by atoms with Crippen LogP contribution in [0.25, 0.3) is 11.1 Å². The summed E-state index contributed by atoms with van der Waals surface area (Å²) in [5.74, 6) is -0.775. The molecule has 4 aromatic rings. The zero-order chi connectivity index (χ0) is 35.1. The Balaban J connectivity index is 1.23. The van der Waals surface area contributed by atoms with E-state index in [0.29, 0.717) is 25.8 Å². The van der Waals surface area contributed by atoms with Gasteiger partial charge < -0.3 is 29.9 Å². The fourth-order valence-electron chi connectivity index (χ4n) is 6.25. The van der Waals surface area contributed by atoms with Crippen molar-refractivity contribution in [2.24, 2.45) is 0 Å². The molecule has 0 saturated carbocycles. The number of aromatic nitrogens is 1. The van der Waals surface area contributed by atoms with Crippen molar-refractivity contribution in [2.45, 2.75) is 83.0 Å². The predicted octanol–water partition coefficient (Wildman–Crippen LogP) is 7.00. The summed E-state index contributed by atoms with van der Waals surface area (Å²) in [4.78, 5) is 29.8. The SMILES string of the molecule is CN(CCc1ccccn1)C[C@H]1C[C@@H](c2ccc(CO)cc2)O[C@@H](c2cccc(-c3cccc(CNC(=O)CCCCCCC(=O)O)c3)c2)O1. The first-order chi connectivity index (χ1) is 24.4. The number of rotatable bonds is 18. The number of pyridine rings is 1. The molecule has 5 rings (SSSR count). The molecule has 0 spiro atoms. The second-order valence-electron chi connectivity index (χ2n) is 13.1. The van der Waals surface area contributed by atoms with Gasteiger partial charge in [-0.15, -0.1) is 0 Å². The first-order valence-corrected chi connectivity index (χ1v) is 17.6. The third kappa shape index (κ3) is 11.6. The van der Waals surface area contributed by atoms with Crippen molar-refractivity contribution in [2.75, 3.05) is 20.1 Å². The van der Waals surface area contributed by atoms with Gasteiger partial charge in [-0.05, 0) is 72.0 Å². The van der Waals surface area contributed by atoms with Crippen LogP contribution in [-0.4, -0.2) is 58.2 Å². The monoisotopic (exact) mass is 679 g/mol. The van der Waals surface area contributed by atoms with Crippen molar-refractivity contribution in [1.29, 1.82) is 0 Å². The molecule has 3 aromatic carbocycles. The van der Waals surface area contributed by atoms with Crippen LogP contribution in [0.2, 0.25) is 0 Å². The van der Waals surface area contributed by atoms with Gasteiger partial charge in [0.15, 0.2) is 6.29 Å². The van der Waals surface area contributed by atoms with Crippen LogP contribution in [-0.2, 0) is 38.6 Å². The molecule has 50 heavy (non-hydrogen) atoms. The number of aliphatic hydroxyl groups excluding tert-OH is 1. The van der Waals surface area contributed by atoms with Crippen LogP contribution in [0.1, 0.15) is 85.3 Å². The first-order valence-electron chi connectivity index (χ1n) is 17.6. The van der Waals surface area contributed by atoms with Crippen molar-refractivity contribution >= 4 is 11.9 Å². The second kappa shape index (κ2) is 19.1. The summed E-state index contributed by atoms with van der Waals surface area (Å²) >= 11 is 0. The standard InChI is InChI=1S/C41H49N3O6/c1-44(23-21-36-14-6-7-22-42-36)28-37-26-38(32-19-17-30(29-45)18-20-32)50-41(49-37)35-13-9-12-34(25-35)33-11-8-10-31(24-33)27-43-39(46)15-4-2-3-5-16-40(47)48/h6-14,17-20,22,24-25,37-38,41,45H,2-5,15-16,21,23,26-29H2,1H3,(H,43,46)(H,47,48)/t37-,38+,41+/m1/s1. The molecule has 0 bridgehead atoms. The number of carboxylic acid groups (broad SMARTS) is 1. The maximum absolute atomic E-state index is 12.4. The van der Waals surface area contributed by atoms with Crippen LogP contribution in [0.3, 0.4) is 0 Å². The van der Waals surface area contributed by atoms with Gasteiger partial charge in [0, 0.05) is 62.8 Å². The number of nitrogens with one attached hydrogen (secondary N) is 1. The number of likely N-dealkylation sites (N-methyl/N-ethyl adjacent to an activating group) is 1. The molecule has 2 heterocycles. The Hall–Kier alpha value is -4.41. The van der Waals surface area contributed by atoms with Gasteiger partial charge in [-0.1, -0.05) is 79.6 Å². The first kappa shape index (κ1) is 36.9. The highest BCUT2D eigenvalue weighted by atomic mass is 16.7. The van der Waals surface area contributed by atoms with E-state index < -0.39 is 12.3 Å². The summed E-state index contributed by atoms with van der Waals surface area (Å²) in [6, 6.07) is 30.4. The average molecular weight is 680 g/mol. The molecule has 1 aliphatic heterocycles. The molecule has 0 aliphatic carbocycles. The number of benzene rings is 3. The Morgan fingerprint density at radius 1 is 0.840 bits per heavy atom. The lowest BCUT2D eigenvalue weighted by molar-refractivity contribution is -0.252. The average Bonchev–Trinajstić information content (AvgIpc) is 3.15. The highest BCUT2D eigenvalue weighted by Crippen LogP contribution is 2.39. The molecule has 1 saturated heterocycles. The molecule has 9 nitrogen and oxygen atoms in total. The second-order valence-corrected chi connectivity index (χ2v) is 13.1. The van der Waals surface area contributed by atoms with Gasteiger partial charge >= 0.3 is 5.97 Å². The number of carboxylic acids is 1. The minimum atomic E-state index is -0.775. The van der Waals surface area contributed by atoms with Crippen LogP contribution < -0.4 is 5.32 Å². The maximum Gasteiger partial charge on any atom is 0.303 e. The lowest BCUT2D eigenvalue weighted by atomic mass is 9.98. The number of amides is 1. The van der Waals surface area contributed by atoms with Crippen LogP contribution >= 0.6 is 0 Å². The Bertz CT molecular complexity index is 1650. The Morgan fingerprint density at radius 3 is 2.34 bits per heavy atom. The van der Waals surface area contributed by atoms with Crippen molar-refractivity contribution in [3.8, 4) is 11.1 Å². The quantitative estimate of drug-likeness (QED) is 0.0962. The van der Waals surface area contributed by atoms with Crippen molar-refractivity contribution in [3.05, 3.63) is 125 Å². The van der Waals surface area contributed by atoms with Gasteiger partial charge in [0.1, 0.15) is 0 Å². The Kier molecular flexibility index (Phi) is 14.1. The molecule has 0 unspecified atom stereocenters. The summed E-state index contributed by atoms with van der Waals surface area (Å²) < 4.78 is 13.3. The van der Waals surface area contributed by atoms with Gasteiger partial charge in [-0.2, -0.15) is 0 Å². The number of carbonyl (C=O) groups excluding carboxylic acids is 1. The smallest absolute Gasteiger partial charge is 0.303 e. The van der Waals surface area contributed by atoms with Crippen molar-refractivity contribution in [3.63, 3.8) is 0 Å². The number of unbranched alkanes of at least 4 members (excludes halogenated alkanes) is 3. The molecule has 1 fully saturated rings. The molecule has 9 heteroatoms. The van der Waals surface area contributed by atoms with E-state index in [1.54, 1.807) is 0 Å². The number of hydrogen-bond acceptors (Lipinski definition) is 7. The number of ether oxygens (including phenoxy) is 2. The Morgan fingerprint density at radius 2 is 1.60 bits per heavy atom. The highest BCUT2D eigenvalue weighted by molar-refractivity contribution is 5.76. The minimum absolute atomic E-state index is 0.000262. The largest absolute Gasteiger partial charge is 0.481 e. The van der Waals surface area contributed by atoms with Gasteiger partial charge in [0.25, 0.3) is 0 Å². The Labute approximate surface area is 295 Å². The van der Waals surface area contributed by atoms with Crippen LogP contribution in [0.5, 0.6) is 0 Å². The zero-order valence-electron chi connectivity index (χ0n) is 28.9. The zero-order valence-corrected chi connectivity index (χ0v) is 28.9. The van der Waals surface area contributed by atoms with Crippen LogP contribution in [0.4, 0.5) is 0 Å². The van der Waals surface area contributed by atoms with E-state index in [4.69, 9.17) is 14.6 Å². The van der Waals surface area contributed by atoms with E-state index in [-0.39, 0.29) is 31.1 Å². The lowest BCUT2D eigenvalue weighted by Crippen LogP contribution is -2.38. The summed E-state index contributed by atoms with van der Waals surface area (Å²) in [6.45, 7) is 2.04. The molecule has 3 atom stereocenters. The number of nitrogens with zero attached hydrogens (tertiary/aromatic N) is 2. The third-order valence-corrected chi connectivity index (χ3v) is 9.06. The fourth-order valence-corrected chi connectivity index (χ4v) is 6.25. The number of aliphatic hydroxyl groups is 1. The molecule has 264 valence electrons. The third-order valence-electron chi connectivity index (χ3n) is 9.06. The van der Waals surface area contributed by atoms with Gasteiger partial charge in [0.2, 0.25) is 5.91 Å². The molecular formula is C41H49N3O6. The molecular weight excluding hydrogens is 630 g/mol. The predicted molar refractivity (Wildman–Crippen MR) is 193 cm³/mol. The summed E-state index contributed by atoms with van der Waals surface area (Å²) in [7, 11) is 2.11. The van der Waals surface area contributed by atoms with Crippen LogP contribution in [0, 0.1) is 0 Å². The number of aliphatic carboxylic acids is 1. The van der Waals surface area contributed by atoms with E-state index in [1.807, 2.05) is 66.9 Å². The highest BCUT2D eigenvalue weighted by Gasteiger charge is 2.33. The topological polar surface area (TPSA) is 121 Å². The molecule has 1 aliphatic rings. The fraction of sp³-hybridized carbons (Fsp3) is 0.390. The minimum Gasteiger partial charge on any atom is -0.481 e. The van der Waals surface area contributed by atoms with E-state index in [1.165, 1.54) is 0 Å². The van der Waals surface area contributed by atoms with Gasteiger partial charge in [0.05, 0.1) is 18.8 Å². The molecule has 0 radical (unpaired) electrons. The van der Waals surface area contributed by atoms with E-state index in [2.05, 4.69) is 52.6 Å². The summed E-state index contributed by atoms with van der Waals surface area (Å²) in [5, 5.41) is 21.4.